The number of amidine groups is 2. The number of nitrogens with two attached hydrogens (primary N) is 3. The molecule has 0 amide bonds. The zero-order valence-corrected chi connectivity index (χ0v) is 20.0. The molecule has 35 heavy (non-hydrogen) atoms. The zero-order chi connectivity index (χ0) is 24.4. The number of para-hydroxylation sites is 1. The molecule has 0 radical (unpaired) electrons. The van der Waals surface area contributed by atoms with Crippen molar-refractivity contribution in [3.63, 3.8) is 0 Å². The van der Waals surface area contributed by atoms with Gasteiger partial charge in [-0.05, 0) is 73.1 Å². The van der Waals surface area contributed by atoms with Crippen LogP contribution in [0.4, 0.5) is 0 Å². The van der Waals surface area contributed by atoms with Crippen LogP contribution in [0, 0.1) is 10.8 Å². The van der Waals surface area contributed by atoms with Crippen LogP contribution in [0.3, 0.4) is 0 Å². The molecular weight excluding hydrogens is 438 g/mol. The highest BCUT2D eigenvalue weighted by Gasteiger charge is 2.50. The maximum absolute atomic E-state index is 8.09. The lowest BCUT2D eigenvalue weighted by atomic mass is 9.61. The molecule has 1 aliphatic carbocycles. The van der Waals surface area contributed by atoms with Crippen LogP contribution in [0.1, 0.15) is 31.2 Å². The van der Waals surface area contributed by atoms with Crippen molar-refractivity contribution in [1.29, 1.82) is 5.41 Å². The topological polar surface area (TPSA) is 139 Å². The van der Waals surface area contributed by atoms with E-state index < -0.39 is 0 Å². The second kappa shape index (κ2) is 9.71. The first-order valence-corrected chi connectivity index (χ1v) is 12.4. The highest BCUT2D eigenvalue weighted by Crippen LogP contribution is 2.47. The van der Waals surface area contributed by atoms with Crippen molar-refractivity contribution in [2.45, 2.75) is 37.8 Å². The van der Waals surface area contributed by atoms with Crippen molar-refractivity contribution in [2.24, 2.45) is 27.6 Å². The second-order valence-corrected chi connectivity index (χ2v) is 10.1. The van der Waals surface area contributed by atoms with Crippen LogP contribution in [-0.4, -0.2) is 54.8 Å². The van der Waals surface area contributed by atoms with E-state index in [-0.39, 0.29) is 17.7 Å². The molecule has 8 nitrogen and oxygen atoms in total. The molecule has 0 atom stereocenters. The summed E-state index contributed by atoms with van der Waals surface area (Å²) in [5, 5.41) is 11.5. The van der Waals surface area contributed by atoms with Gasteiger partial charge in [-0.3, -0.25) is 10.4 Å². The first-order chi connectivity index (χ1) is 16.9. The van der Waals surface area contributed by atoms with Crippen LogP contribution in [0.5, 0.6) is 11.5 Å². The number of hydrogen-bond donors (Lipinski definition) is 5. The Morgan fingerprint density at radius 2 is 1.57 bits per heavy atom. The van der Waals surface area contributed by atoms with E-state index in [4.69, 9.17) is 32.3 Å². The summed E-state index contributed by atoms with van der Waals surface area (Å²) in [7, 11) is 0. The quantitative estimate of drug-likeness (QED) is 0.309. The Morgan fingerprint density at radius 3 is 2.14 bits per heavy atom. The third kappa shape index (κ3) is 5.04. The summed E-state index contributed by atoms with van der Waals surface area (Å²) in [6.45, 7) is 4.44. The number of benzene rings is 2. The Hall–Kier alpha value is -3.36. The Labute approximate surface area is 206 Å². The number of nitrogens with one attached hydrogen (secondary N) is 2. The minimum absolute atomic E-state index is 0.120. The number of likely N-dealkylation sites (tertiary alicyclic amines) is 1. The van der Waals surface area contributed by atoms with Crippen LogP contribution in [-0.2, 0) is 0 Å². The van der Waals surface area contributed by atoms with Gasteiger partial charge in [-0.1, -0.05) is 18.2 Å². The molecule has 0 unspecified atom stereocenters. The number of hydrogen-bond acceptors (Lipinski definition) is 6. The molecule has 8 heteroatoms. The van der Waals surface area contributed by atoms with E-state index in [1.807, 2.05) is 54.6 Å². The van der Waals surface area contributed by atoms with Crippen molar-refractivity contribution in [3.8, 4) is 11.5 Å². The van der Waals surface area contributed by atoms with Gasteiger partial charge < -0.3 is 32.2 Å². The van der Waals surface area contributed by atoms with E-state index in [9.17, 15) is 0 Å². The summed E-state index contributed by atoms with van der Waals surface area (Å²) in [5.41, 5.74) is 20.6. The fourth-order valence-corrected chi connectivity index (χ4v) is 5.50. The molecule has 0 aromatic heterocycles. The highest BCUT2D eigenvalue weighted by atomic mass is 16.5. The Balaban J connectivity index is 1.23. The first-order valence-electron chi connectivity index (χ1n) is 12.4. The van der Waals surface area contributed by atoms with Crippen molar-refractivity contribution in [3.05, 3.63) is 65.7 Å². The molecular formula is C27H35N7O. The molecule has 0 bridgehead atoms. The van der Waals surface area contributed by atoms with Gasteiger partial charge in [0, 0.05) is 32.2 Å². The molecule has 5 rings (SSSR count). The van der Waals surface area contributed by atoms with E-state index >= 15 is 0 Å². The molecule has 1 saturated carbocycles. The number of piperidine rings is 1. The van der Waals surface area contributed by atoms with Gasteiger partial charge in [0.05, 0.1) is 17.3 Å². The standard InChI is InChI=1S/C27H35N7O/c28-24(18-6-8-22(9-7-18)35-21-4-2-1-3-5-21)23(25(29)30)26(31)33-19-10-12-34(13-11-19)20-14-27(15-20)16-32-17-27/h1-9,19-20,32H,10-17,28H2,(H3,29,30)(H2,31,33). The third-order valence-corrected chi connectivity index (χ3v) is 7.61. The van der Waals surface area contributed by atoms with E-state index in [1.165, 1.54) is 25.9 Å². The van der Waals surface area contributed by atoms with E-state index in [1.54, 1.807) is 0 Å². The zero-order valence-electron chi connectivity index (χ0n) is 20.0. The SMILES string of the molecule is N=C(N)C(C(N)=NC1CCN(C2CC3(CNC3)C2)CC1)=C(N)c1ccc(Oc2ccccc2)cc1. The molecule has 2 saturated heterocycles. The van der Waals surface area contributed by atoms with Crippen molar-refractivity contribution < 1.29 is 4.74 Å². The smallest absolute Gasteiger partial charge is 0.131 e. The van der Waals surface area contributed by atoms with Crippen molar-refractivity contribution in [2.75, 3.05) is 26.2 Å². The van der Waals surface area contributed by atoms with Gasteiger partial charge in [0.25, 0.3) is 0 Å². The maximum atomic E-state index is 8.09. The summed E-state index contributed by atoms with van der Waals surface area (Å²) in [6, 6.07) is 17.8. The number of rotatable bonds is 7. The largest absolute Gasteiger partial charge is 0.457 e. The normalized spacial score (nSPS) is 21.7. The fraction of sp³-hybridized carbons (Fsp3) is 0.407. The van der Waals surface area contributed by atoms with Gasteiger partial charge in [-0.25, -0.2) is 0 Å². The van der Waals surface area contributed by atoms with Crippen LogP contribution in [0.15, 0.2) is 65.2 Å². The average Bonchev–Trinajstić information content (AvgIpc) is 2.79. The van der Waals surface area contributed by atoms with Crippen LogP contribution in [0.2, 0.25) is 0 Å². The summed E-state index contributed by atoms with van der Waals surface area (Å²) in [6.07, 6.45) is 4.55. The van der Waals surface area contributed by atoms with E-state index in [0.29, 0.717) is 28.0 Å². The lowest BCUT2D eigenvalue weighted by molar-refractivity contribution is -0.0428. The molecule has 2 aromatic carbocycles. The highest BCUT2D eigenvalue weighted by molar-refractivity contribution is 6.25. The summed E-state index contributed by atoms with van der Waals surface area (Å²) >= 11 is 0. The Morgan fingerprint density at radius 1 is 0.943 bits per heavy atom. The van der Waals surface area contributed by atoms with Crippen LogP contribution >= 0.6 is 0 Å². The van der Waals surface area contributed by atoms with Gasteiger partial charge in [-0.15, -0.1) is 0 Å². The predicted molar refractivity (Wildman–Crippen MR) is 141 cm³/mol. The van der Waals surface area contributed by atoms with Gasteiger partial charge in [0.1, 0.15) is 23.2 Å². The molecule has 2 aliphatic heterocycles. The van der Waals surface area contributed by atoms with Crippen molar-refractivity contribution >= 4 is 17.4 Å². The van der Waals surface area contributed by atoms with E-state index in [0.717, 1.165) is 37.7 Å². The summed E-state index contributed by atoms with van der Waals surface area (Å²) in [4.78, 5) is 7.36. The van der Waals surface area contributed by atoms with Crippen LogP contribution in [0.25, 0.3) is 5.70 Å². The number of nitrogens with zero attached hydrogens (tertiary/aromatic N) is 2. The Kier molecular flexibility index (Phi) is 6.49. The first kappa shape index (κ1) is 23.4. The predicted octanol–water partition coefficient (Wildman–Crippen LogP) is 2.66. The van der Waals surface area contributed by atoms with Gasteiger partial charge in [0.15, 0.2) is 0 Å². The van der Waals surface area contributed by atoms with Gasteiger partial charge >= 0.3 is 0 Å². The van der Waals surface area contributed by atoms with Crippen molar-refractivity contribution in [1.82, 2.24) is 10.2 Å². The second-order valence-electron chi connectivity index (χ2n) is 10.1. The molecule has 3 fully saturated rings. The fourth-order valence-electron chi connectivity index (χ4n) is 5.50. The molecule has 2 heterocycles. The third-order valence-electron chi connectivity index (χ3n) is 7.61. The maximum Gasteiger partial charge on any atom is 0.131 e. The average molecular weight is 474 g/mol. The van der Waals surface area contributed by atoms with Gasteiger partial charge in [0.2, 0.25) is 0 Å². The number of aliphatic imine (C=N–C) groups is 1. The lowest BCUT2D eigenvalue weighted by Gasteiger charge is -2.58. The minimum Gasteiger partial charge on any atom is -0.457 e. The monoisotopic (exact) mass is 473 g/mol. The van der Waals surface area contributed by atoms with Gasteiger partial charge in [-0.2, -0.15) is 0 Å². The van der Waals surface area contributed by atoms with E-state index in [2.05, 4.69) is 10.2 Å². The number of ether oxygens (including phenoxy) is 1. The summed E-state index contributed by atoms with van der Waals surface area (Å²) in [5.74, 6) is 1.50. The van der Waals surface area contributed by atoms with Crippen LogP contribution < -0.4 is 27.3 Å². The molecule has 184 valence electrons. The molecule has 8 N–H and O–H groups in total. The Bertz CT molecular complexity index is 1110. The molecule has 1 spiro atoms. The minimum atomic E-state index is -0.181. The molecule has 3 aliphatic rings. The molecule has 2 aromatic rings. The lowest BCUT2D eigenvalue weighted by Crippen LogP contribution is -2.65. The summed E-state index contributed by atoms with van der Waals surface area (Å²) < 4.78 is 5.85.